The van der Waals surface area contributed by atoms with Crippen molar-refractivity contribution in [3.05, 3.63) is 102 Å². The Labute approximate surface area is 260 Å². The number of nitrogens with one attached hydrogen (secondary N) is 1. The summed E-state index contributed by atoms with van der Waals surface area (Å²) in [7, 11) is 3.37. The number of amides is 4. The number of piperazine rings is 1. The summed E-state index contributed by atoms with van der Waals surface area (Å²) in [4.78, 5) is 44.7. The molecule has 2 saturated heterocycles. The molecule has 3 aromatic carbocycles. The smallest absolute Gasteiger partial charge is 0.334 e. The van der Waals surface area contributed by atoms with Crippen LogP contribution in [0.5, 0.6) is 5.75 Å². The van der Waals surface area contributed by atoms with Crippen molar-refractivity contribution in [3.8, 4) is 5.75 Å². The molecule has 0 bridgehead atoms. The summed E-state index contributed by atoms with van der Waals surface area (Å²) in [5, 5.41) is 6.32. The lowest BCUT2D eigenvalue weighted by atomic mass is 9.88. The third kappa shape index (κ3) is 6.89. The quantitative estimate of drug-likeness (QED) is 0.342. The molecule has 232 valence electrons. The molecule has 1 N–H and O–H groups in total. The maximum absolute atomic E-state index is 14.0. The Kier molecular flexibility index (Phi) is 10.2. The highest BCUT2D eigenvalue weighted by molar-refractivity contribution is 5.91. The molecule has 0 spiro atoms. The highest BCUT2D eigenvalue weighted by Gasteiger charge is 2.50. The Balaban J connectivity index is 1.38. The van der Waals surface area contributed by atoms with Gasteiger partial charge in [0.25, 0.3) is 0 Å². The van der Waals surface area contributed by atoms with E-state index in [9.17, 15) is 14.4 Å². The van der Waals surface area contributed by atoms with E-state index in [1.54, 1.807) is 29.1 Å². The first-order valence-corrected chi connectivity index (χ1v) is 15.5. The van der Waals surface area contributed by atoms with Gasteiger partial charge < -0.3 is 19.9 Å². The lowest BCUT2D eigenvalue weighted by molar-refractivity contribution is -0.187. The van der Waals surface area contributed by atoms with Gasteiger partial charge in [-0.2, -0.15) is 0 Å². The second kappa shape index (κ2) is 14.4. The van der Waals surface area contributed by atoms with Crippen LogP contribution in [0.1, 0.15) is 55.2 Å². The zero-order chi connectivity index (χ0) is 31.1. The average Bonchev–Trinajstić information content (AvgIpc) is 3.05. The zero-order valence-corrected chi connectivity index (χ0v) is 25.9. The van der Waals surface area contributed by atoms with Gasteiger partial charge >= 0.3 is 6.03 Å². The lowest BCUT2D eigenvalue weighted by Gasteiger charge is -2.54. The number of carbonyl (C=O) groups excluding carboxylic acids is 3. The SMILES string of the molecule is CCCC[C@H]1C(=O)N(CCC(c2ccccc2)c2ccccc2)C[C@H]2N1C(=O)CN(C)N2C(=O)NCc1ccc(OC)cc1. The highest BCUT2D eigenvalue weighted by Crippen LogP contribution is 2.32. The Hall–Kier alpha value is -4.37. The predicted molar refractivity (Wildman–Crippen MR) is 170 cm³/mol. The molecule has 2 atom stereocenters. The Bertz CT molecular complexity index is 1360. The standard InChI is InChI=1S/C35H43N5O4/c1-4-5-16-31-34(42)38(22-21-30(27-12-8-6-9-13-27)28-14-10-7-11-15-28)24-32-39(31)33(41)25-37(2)40(32)35(43)36-23-26-17-19-29(44-3)20-18-26/h6-15,17-20,30-32H,4-5,16,21-25H2,1-3H3,(H,36,43)/t31-,32-/m0/s1. The fourth-order valence-electron chi connectivity index (χ4n) is 6.36. The summed E-state index contributed by atoms with van der Waals surface area (Å²) in [5.41, 5.74) is 3.32. The van der Waals surface area contributed by atoms with Crippen molar-refractivity contribution < 1.29 is 19.1 Å². The van der Waals surface area contributed by atoms with Gasteiger partial charge in [-0.25, -0.2) is 14.8 Å². The third-order valence-corrected chi connectivity index (χ3v) is 8.67. The van der Waals surface area contributed by atoms with E-state index < -0.39 is 12.2 Å². The van der Waals surface area contributed by atoms with Gasteiger partial charge in [-0.1, -0.05) is 92.6 Å². The number of hydrogen-bond donors (Lipinski definition) is 1. The molecule has 0 aromatic heterocycles. The molecular weight excluding hydrogens is 554 g/mol. The summed E-state index contributed by atoms with van der Waals surface area (Å²) < 4.78 is 5.24. The molecule has 9 nitrogen and oxygen atoms in total. The number of hydrogen-bond acceptors (Lipinski definition) is 5. The molecule has 0 radical (unpaired) electrons. The monoisotopic (exact) mass is 597 g/mol. The number of ether oxygens (including phenoxy) is 1. The molecule has 0 unspecified atom stereocenters. The van der Waals surface area contributed by atoms with E-state index in [1.807, 2.05) is 65.6 Å². The minimum atomic E-state index is -0.598. The molecule has 44 heavy (non-hydrogen) atoms. The second-order valence-electron chi connectivity index (χ2n) is 11.6. The van der Waals surface area contributed by atoms with E-state index in [-0.39, 0.29) is 36.9 Å². The van der Waals surface area contributed by atoms with Gasteiger partial charge in [0.15, 0.2) is 0 Å². The number of benzene rings is 3. The number of nitrogens with zero attached hydrogens (tertiary/aromatic N) is 4. The summed E-state index contributed by atoms with van der Waals surface area (Å²) in [6.45, 7) is 3.21. The molecule has 2 aliphatic heterocycles. The number of unbranched alkanes of at least 4 members (excludes halogenated alkanes) is 1. The van der Waals surface area contributed by atoms with Crippen LogP contribution < -0.4 is 10.1 Å². The van der Waals surface area contributed by atoms with E-state index in [2.05, 4.69) is 36.5 Å². The Morgan fingerprint density at radius 2 is 1.59 bits per heavy atom. The van der Waals surface area contributed by atoms with Crippen LogP contribution in [0.25, 0.3) is 0 Å². The topological polar surface area (TPSA) is 85.4 Å². The van der Waals surface area contributed by atoms with E-state index in [0.29, 0.717) is 19.5 Å². The van der Waals surface area contributed by atoms with Crippen LogP contribution in [-0.4, -0.2) is 83.7 Å². The molecule has 2 aliphatic rings. The van der Waals surface area contributed by atoms with Crippen LogP contribution in [0.15, 0.2) is 84.9 Å². The normalized spacial score (nSPS) is 18.9. The molecular formula is C35H43N5O4. The number of methoxy groups -OCH3 is 1. The summed E-state index contributed by atoms with van der Waals surface area (Å²) >= 11 is 0. The van der Waals surface area contributed by atoms with Gasteiger partial charge in [-0.15, -0.1) is 0 Å². The molecule has 2 heterocycles. The molecule has 5 rings (SSSR count). The number of carbonyl (C=O) groups is 3. The van der Waals surface area contributed by atoms with Crippen molar-refractivity contribution in [1.29, 1.82) is 0 Å². The van der Waals surface area contributed by atoms with Gasteiger partial charge in [0.2, 0.25) is 11.8 Å². The van der Waals surface area contributed by atoms with Crippen molar-refractivity contribution in [2.75, 3.05) is 33.8 Å². The van der Waals surface area contributed by atoms with Crippen LogP contribution in [0.4, 0.5) is 4.79 Å². The van der Waals surface area contributed by atoms with Crippen LogP contribution in [-0.2, 0) is 16.1 Å². The fraction of sp³-hybridized carbons (Fsp3) is 0.400. The molecule has 9 heteroatoms. The highest BCUT2D eigenvalue weighted by atomic mass is 16.5. The van der Waals surface area contributed by atoms with Crippen LogP contribution in [0, 0.1) is 0 Å². The van der Waals surface area contributed by atoms with Crippen LogP contribution >= 0.6 is 0 Å². The zero-order valence-electron chi connectivity index (χ0n) is 25.9. The number of urea groups is 1. The van der Waals surface area contributed by atoms with Crippen molar-refractivity contribution in [2.45, 2.75) is 57.3 Å². The molecule has 4 amide bonds. The maximum Gasteiger partial charge on any atom is 0.334 e. The maximum atomic E-state index is 14.0. The van der Waals surface area contributed by atoms with Crippen molar-refractivity contribution in [3.63, 3.8) is 0 Å². The Morgan fingerprint density at radius 3 is 2.18 bits per heavy atom. The van der Waals surface area contributed by atoms with Crippen molar-refractivity contribution in [1.82, 2.24) is 25.1 Å². The first-order valence-electron chi connectivity index (χ1n) is 15.5. The van der Waals surface area contributed by atoms with Crippen molar-refractivity contribution in [2.24, 2.45) is 0 Å². The van der Waals surface area contributed by atoms with Gasteiger partial charge in [-0.3, -0.25) is 9.59 Å². The molecule has 0 saturated carbocycles. The predicted octanol–water partition coefficient (Wildman–Crippen LogP) is 4.85. The van der Waals surface area contributed by atoms with E-state index in [4.69, 9.17) is 4.74 Å². The number of fused-ring (bicyclic) bond motifs is 1. The van der Waals surface area contributed by atoms with Crippen LogP contribution in [0.3, 0.4) is 0 Å². The summed E-state index contributed by atoms with van der Waals surface area (Å²) in [6, 6.07) is 27.3. The Morgan fingerprint density at radius 1 is 0.955 bits per heavy atom. The van der Waals surface area contributed by atoms with Gasteiger partial charge in [0.1, 0.15) is 18.0 Å². The summed E-state index contributed by atoms with van der Waals surface area (Å²) in [6.07, 6.45) is 2.42. The van der Waals surface area contributed by atoms with Crippen molar-refractivity contribution >= 4 is 17.8 Å². The molecule has 2 fully saturated rings. The van der Waals surface area contributed by atoms with Gasteiger partial charge in [0.05, 0.1) is 20.2 Å². The third-order valence-electron chi connectivity index (χ3n) is 8.67. The fourth-order valence-corrected chi connectivity index (χ4v) is 6.36. The number of hydrazine groups is 1. The average molecular weight is 598 g/mol. The first-order chi connectivity index (χ1) is 21.4. The van der Waals surface area contributed by atoms with Gasteiger partial charge in [-0.05, 0) is 41.7 Å². The summed E-state index contributed by atoms with van der Waals surface area (Å²) in [5.74, 6) is 0.692. The largest absolute Gasteiger partial charge is 0.497 e. The lowest BCUT2D eigenvalue weighted by Crippen LogP contribution is -2.76. The number of likely N-dealkylation sites (N-methyl/N-ethyl adjacent to an activating group) is 1. The molecule has 0 aliphatic carbocycles. The number of rotatable bonds is 11. The van der Waals surface area contributed by atoms with E-state index in [1.165, 1.54) is 11.1 Å². The van der Waals surface area contributed by atoms with Crippen LogP contribution in [0.2, 0.25) is 0 Å². The van der Waals surface area contributed by atoms with E-state index >= 15 is 0 Å². The van der Waals surface area contributed by atoms with Gasteiger partial charge in [0, 0.05) is 26.1 Å². The minimum absolute atomic E-state index is 0.0342. The first kappa shape index (κ1) is 31.1. The second-order valence-corrected chi connectivity index (χ2v) is 11.6. The minimum Gasteiger partial charge on any atom is -0.497 e. The van der Waals surface area contributed by atoms with E-state index in [0.717, 1.165) is 30.6 Å². The molecule has 3 aromatic rings.